The maximum atomic E-state index is 3.65. The third-order valence-electron chi connectivity index (χ3n) is 5.53. The van der Waals surface area contributed by atoms with Crippen LogP contribution in [0.2, 0.25) is 0 Å². The molecule has 0 spiro atoms. The van der Waals surface area contributed by atoms with Crippen LogP contribution in [0, 0.1) is 0 Å². The third-order valence-corrected chi connectivity index (χ3v) is 6.51. The van der Waals surface area contributed by atoms with E-state index < -0.39 is 0 Å². The quantitative estimate of drug-likeness (QED) is 0.235. The van der Waals surface area contributed by atoms with Gasteiger partial charge in [0.15, 0.2) is 0 Å². The first-order chi connectivity index (χ1) is 13.2. The van der Waals surface area contributed by atoms with E-state index in [1.54, 1.807) is 0 Å². The number of aromatic nitrogens is 1. The number of nitrogens with zero attached hydrogens (tertiary/aromatic N) is 1. The predicted octanol–water partition coefficient (Wildman–Crippen LogP) is 9.24. The average Bonchev–Trinajstić information content (AvgIpc) is 2.95. The Balaban J connectivity index is 1.56. The summed E-state index contributed by atoms with van der Waals surface area (Å²) in [5.74, 6) is 0. The van der Waals surface area contributed by atoms with Gasteiger partial charge in [-0.2, -0.15) is 0 Å². The largest absolute Gasteiger partial charge is 0.340 e. The standard InChI is InChI=1S/C24H31Br2N/c1-2-3-4-5-6-7-8-9-10-11-16-27-23-17-19(25)12-14-21(23)22-15-13-20(26)18-24(22)27/h12-15,17-18H,2-11,16H2,1H3. The van der Waals surface area contributed by atoms with E-state index in [9.17, 15) is 0 Å². The fraction of sp³-hybridized carbons (Fsp3) is 0.500. The lowest BCUT2D eigenvalue weighted by molar-refractivity contribution is 0.541. The van der Waals surface area contributed by atoms with Crippen LogP contribution >= 0.6 is 31.9 Å². The van der Waals surface area contributed by atoms with Crippen LogP contribution in [0.4, 0.5) is 0 Å². The van der Waals surface area contributed by atoms with Gasteiger partial charge in [-0.15, -0.1) is 0 Å². The zero-order chi connectivity index (χ0) is 19.1. The molecule has 146 valence electrons. The van der Waals surface area contributed by atoms with Gasteiger partial charge in [0.2, 0.25) is 0 Å². The van der Waals surface area contributed by atoms with E-state index in [-0.39, 0.29) is 0 Å². The van der Waals surface area contributed by atoms with Crippen molar-refractivity contribution >= 4 is 53.7 Å². The van der Waals surface area contributed by atoms with Crippen LogP contribution in [0.5, 0.6) is 0 Å². The van der Waals surface area contributed by atoms with Crippen molar-refractivity contribution < 1.29 is 0 Å². The summed E-state index contributed by atoms with van der Waals surface area (Å²) in [6.45, 7) is 3.39. The molecule has 0 saturated carbocycles. The average molecular weight is 493 g/mol. The Kier molecular flexibility index (Phi) is 8.26. The molecule has 2 aromatic carbocycles. The van der Waals surface area contributed by atoms with Gasteiger partial charge in [0, 0.05) is 26.3 Å². The molecule has 1 aromatic heterocycles. The number of aryl methyl sites for hydroxylation is 1. The molecule has 27 heavy (non-hydrogen) atoms. The Morgan fingerprint density at radius 2 is 1.07 bits per heavy atom. The van der Waals surface area contributed by atoms with E-state index >= 15 is 0 Å². The normalized spacial score (nSPS) is 11.7. The number of rotatable bonds is 11. The van der Waals surface area contributed by atoms with Crippen molar-refractivity contribution in [3.05, 3.63) is 45.3 Å². The summed E-state index contributed by atoms with van der Waals surface area (Å²) >= 11 is 7.30. The molecule has 3 aromatic rings. The van der Waals surface area contributed by atoms with Crippen LogP contribution < -0.4 is 0 Å². The fourth-order valence-electron chi connectivity index (χ4n) is 4.04. The molecule has 0 bridgehead atoms. The minimum atomic E-state index is 1.10. The SMILES string of the molecule is CCCCCCCCCCCCn1c2cc(Br)ccc2c2ccc(Br)cc21. The van der Waals surface area contributed by atoms with E-state index in [2.05, 4.69) is 79.7 Å². The molecule has 3 heteroatoms. The van der Waals surface area contributed by atoms with E-state index in [1.807, 2.05) is 0 Å². The second kappa shape index (κ2) is 10.7. The highest BCUT2D eigenvalue weighted by molar-refractivity contribution is 9.10. The van der Waals surface area contributed by atoms with Gasteiger partial charge < -0.3 is 4.57 Å². The van der Waals surface area contributed by atoms with Crippen molar-refractivity contribution in [2.45, 2.75) is 77.7 Å². The summed E-state index contributed by atoms with van der Waals surface area (Å²) in [6, 6.07) is 13.3. The summed E-state index contributed by atoms with van der Waals surface area (Å²) in [5.41, 5.74) is 2.68. The van der Waals surface area contributed by atoms with Crippen molar-refractivity contribution in [3.8, 4) is 0 Å². The van der Waals surface area contributed by atoms with Gasteiger partial charge in [-0.05, 0) is 30.7 Å². The molecule has 0 aliphatic rings. The van der Waals surface area contributed by atoms with Gasteiger partial charge in [-0.1, -0.05) is 109 Å². The zero-order valence-electron chi connectivity index (χ0n) is 16.4. The number of hydrogen-bond acceptors (Lipinski definition) is 0. The first-order valence-electron chi connectivity index (χ1n) is 10.6. The van der Waals surface area contributed by atoms with Crippen molar-refractivity contribution in [3.63, 3.8) is 0 Å². The monoisotopic (exact) mass is 491 g/mol. The minimum absolute atomic E-state index is 1.10. The molecule has 0 aliphatic heterocycles. The smallest absolute Gasteiger partial charge is 0.0502 e. The van der Waals surface area contributed by atoms with Gasteiger partial charge in [-0.25, -0.2) is 0 Å². The van der Waals surface area contributed by atoms with Crippen LogP contribution in [0.3, 0.4) is 0 Å². The fourth-order valence-corrected chi connectivity index (χ4v) is 4.74. The van der Waals surface area contributed by atoms with Crippen LogP contribution in [0.15, 0.2) is 45.3 Å². The molecule has 0 saturated heterocycles. The van der Waals surface area contributed by atoms with Gasteiger partial charge in [-0.3, -0.25) is 0 Å². The second-order valence-corrected chi connectivity index (χ2v) is 9.49. The number of benzene rings is 2. The predicted molar refractivity (Wildman–Crippen MR) is 127 cm³/mol. The van der Waals surface area contributed by atoms with Crippen LogP contribution in [-0.4, -0.2) is 4.57 Å². The second-order valence-electron chi connectivity index (χ2n) is 7.66. The summed E-state index contributed by atoms with van der Waals surface area (Å²) < 4.78 is 4.81. The van der Waals surface area contributed by atoms with Crippen molar-refractivity contribution in [2.24, 2.45) is 0 Å². The third kappa shape index (κ3) is 5.60. The highest BCUT2D eigenvalue weighted by Gasteiger charge is 2.11. The van der Waals surface area contributed by atoms with Gasteiger partial charge in [0.25, 0.3) is 0 Å². The molecule has 3 rings (SSSR count). The Morgan fingerprint density at radius 3 is 1.56 bits per heavy atom. The molecule has 0 aliphatic carbocycles. The van der Waals surface area contributed by atoms with E-state index in [4.69, 9.17) is 0 Å². The van der Waals surface area contributed by atoms with Crippen molar-refractivity contribution in [1.29, 1.82) is 0 Å². The van der Waals surface area contributed by atoms with E-state index in [0.717, 1.165) is 15.5 Å². The molecule has 1 nitrogen and oxygen atoms in total. The Morgan fingerprint density at radius 1 is 0.630 bits per heavy atom. The Labute approximate surface area is 180 Å². The van der Waals surface area contributed by atoms with Crippen LogP contribution in [0.25, 0.3) is 21.8 Å². The Hall–Kier alpha value is -0.800. The summed E-state index contributed by atoms with van der Waals surface area (Å²) in [6.07, 6.45) is 13.8. The topological polar surface area (TPSA) is 4.93 Å². The molecule has 0 N–H and O–H groups in total. The summed E-state index contributed by atoms with van der Waals surface area (Å²) in [5, 5.41) is 2.71. The number of fused-ring (bicyclic) bond motifs is 3. The number of hydrogen-bond donors (Lipinski definition) is 0. The molecular weight excluding hydrogens is 462 g/mol. The number of unbranched alkanes of at least 4 members (excludes halogenated alkanes) is 9. The lowest BCUT2D eigenvalue weighted by Crippen LogP contribution is -1.98. The molecule has 0 amide bonds. The summed E-state index contributed by atoms with van der Waals surface area (Å²) in [4.78, 5) is 0. The number of halogens is 2. The maximum Gasteiger partial charge on any atom is 0.0502 e. The molecule has 0 radical (unpaired) electrons. The van der Waals surface area contributed by atoms with Crippen LogP contribution in [-0.2, 0) is 6.54 Å². The highest BCUT2D eigenvalue weighted by Crippen LogP contribution is 2.33. The maximum absolute atomic E-state index is 3.65. The Bertz CT molecular complexity index is 806. The molecular formula is C24H31Br2N. The first kappa shape index (κ1) is 20.9. The van der Waals surface area contributed by atoms with Gasteiger partial charge in [0.1, 0.15) is 0 Å². The van der Waals surface area contributed by atoms with Gasteiger partial charge in [0.05, 0.1) is 11.0 Å². The van der Waals surface area contributed by atoms with Crippen molar-refractivity contribution in [1.82, 2.24) is 4.57 Å². The van der Waals surface area contributed by atoms with Gasteiger partial charge >= 0.3 is 0 Å². The van der Waals surface area contributed by atoms with Crippen molar-refractivity contribution in [2.75, 3.05) is 0 Å². The van der Waals surface area contributed by atoms with Crippen LogP contribution in [0.1, 0.15) is 71.1 Å². The highest BCUT2D eigenvalue weighted by atomic mass is 79.9. The lowest BCUT2D eigenvalue weighted by atomic mass is 10.1. The zero-order valence-corrected chi connectivity index (χ0v) is 19.6. The molecule has 0 unspecified atom stereocenters. The lowest BCUT2D eigenvalue weighted by Gasteiger charge is -2.08. The van der Waals surface area contributed by atoms with E-state index in [1.165, 1.54) is 86.0 Å². The molecule has 0 atom stereocenters. The first-order valence-corrected chi connectivity index (χ1v) is 12.2. The minimum Gasteiger partial charge on any atom is -0.340 e. The molecule has 0 fully saturated rings. The summed E-state index contributed by atoms with van der Waals surface area (Å²) in [7, 11) is 0. The van der Waals surface area contributed by atoms with E-state index in [0.29, 0.717) is 0 Å². The molecule has 1 heterocycles.